The lowest BCUT2D eigenvalue weighted by atomic mass is 10.1. The van der Waals surface area contributed by atoms with Crippen molar-refractivity contribution in [2.75, 3.05) is 18.1 Å². The molecule has 0 aromatic rings. The van der Waals surface area contributed by atoms with Crippen LogP contribution in [0.5, 0.6) is 0 Å². The Hall–Kier alpha value is -1.01. The zero-order valence-corrected chi connectivity index (χ0v) is 10.9. The van der Waals surface area contributed by atoms with E-state index in [2.05, 4.69) is 10.6 Å². The van der Waals surface area contributed by atoms with E-state index in [0.29, 0.717) is 12.8 Å². The van der Waals surface area contributed by atoms with Crippen molar-refractivity contribution in [3.63, 3.8) is 0 Å². The van der Waals surface area contributed by atoms with Gasteiger partial charge in [0.15, 0.2) is 0 Å². The Morgan fingerprint density at radius 1 is 1.44 bits per heavy atom. The van der Waals surface area contributed by atoms with E-state index in [4.69, 9.17) is 5.11 Å². The molecule has 3 atom stereocenters. The van der Waals surface area contributed by atoms with E-state index in [-0.39, 0.29) is 18.0 Å². The smallest absolute Gasteiger partial charge is 0.310 e. The molecule has 2 aliphatic rings. The van der Waals surface area contributed by atoms with Crippen LogP contribution in [0, 0.1) is 5.92 Å². The van der Waals surface area contributed by atoms with E-state index in [1.807, 2.05) is 11.8 Å². The summed E-state index contributed by atoms with van der Waals surface area (Å²) in [4.78, 5) is 22.6. The minimum Gasteiger partial charge on any atom is -0.481 e. The van der Waals surface area contributed by atoms with Crippen LogP contribution in [-0.2, 0) is 9.59 Å². The molecule has 18 heavy (non-hydrogen) atoms. The quantitative estimate of drug-likeness (QED) is 0.637. The lowest BCUT2D eigenvalue weighted by Gasteiger charge is -2.23. The minimum atomic E-state index is -0.826. The van der Waals surface area contributed by atoms with Gasteiger partial charge >= 0.3 is 5.97 Å². The van der Waals surface area contributed by atoms with Crippen LogP contribution in [0.3, 0.4) is 0 Å². The van der Waals surface area contributed by atoms with Crippen LogP contribution in [0.2, 0.25) is 0 Å². The summed E-state index contributed by atoms with van der Waals surface area (Å²) in [6.07, 6.45) is 4.37. The highest BCUT2D eigenvalue weighted by molar-refractivity contribution is 7.99. The van der Waals surface area contributed by atoms with Gasteiger partial charge < -0.3 is 15.7 Å². The van der Waals surface area contributed by atoms with Gasteiger partial charge in [-0.3, -0.25) is 9.59 Å². The summed E-state index contributed by atoms with van der Waals surface area (Å²) in [5.41, 5.74) is 0. The van der Waals surface area contributed by atoms with Crippen molar-refractivity contribution < 1.29 is 14.7 Å². The molecule has 3 unspecified atom stereocenters. The fraction of sp³-hybridized carbons (Fsp3) is 0.667. The minimum absolute atomic E-state index is 0.00399. The molecule has 0 aromatic heterocycles. The van der Waals surface area contributed by atoms with E-state index in [1.54, 1.807) is 12.2 Å². The molecule has 6 heteroatoms. The first kappa shape index (κ1) is 13.4. The molecule has 0 radical (unpaired) electrons. The molecule has 1 aliphatic carbocycles. The number of amides is 1. The molecule has 2 rings (SSSR count). The summed E-state index contributed by atoms with van der Waals surface area (Å²) < 4.78 is 0. The number of carbonyl (C=O) groups excluding carboxylic acids is 1. The number of hydrogen-bond acceptors (Lipinski definition) is 4. The van der Waals surface area contributed by atoms with Gasteiger partial charge in [0.2, 0.25) is 5.91 Å². The van der Waals surface area contributed by atoms with Crippen molar-refractivity contribution in [3.8, 4) is 0 Å². The second-order valence-corrected chi connectivity index (χ2v) is 5.82. The number of carboxylic acid groups (broad SMARTS) is 1. The second kappa shape index (κ2) is 6.24. The van der Waals surface area contributed by atoms with Crippen LogP contribution in [0.4, 0.5) is 0 Å². The number of rotatable bonds is 4. The van der Waals surface area contributed by atoms with Gasteiger partial charge in [0.25, 0.3) is 0 Å². The summed E-state index contributed by atoms with van der Waals surface area (Å²) in [7, 11) is 0. The average Bonchev–Trinajstić information content (AvgIpc) is 2.78. The van der Waals surface area contributed by atoms with E-state index >= 15 is 0 Å². The summed E-state index contributed by atoms with van der Waals surface area (Å²) in [6, 6.07) is 0.110. The van der Waals surface area contributed by atoms with E-state index in [1.165, 1.54) is 0 Å². The maximum atomic E-state index is 11.8. The van der Waals surface area contributed by atoms with Crippen LogP contribution < -0.4 is 10.6 Å². The largest absolute Gasteiger partial charge is 0.481 e. The molecule has 0 bridgehead atoms. The standard InChI is InChI=1S/C12H18N2O3S/c15-11(6-10-7-18-4-3-13-10)14-9-2-1-8(5-9)12(16)17/h1-2,8-10,13H,3-7H2,(H,14,15)(H,16,17). The zero-order valence-electron chi connectivity index (χ0n) is 10.1. The average molecular weight is 270 g/mol. The van der Waals surface area contributed by atoms with Gasteiger partial charge in [0.1, 0.15) is 0 Å². The summed E-state index contributed by atoms with van der Waals surface area (Å²) >= 11 is 1.86. The molecular weight excluding hydrogens is 252 g/mol. The Balaban J connectivity index is 1.72. The first-order valence-electron chi connectivity index (χ1n) is 6.17. The molecule has 1 aliphatic heterocycles. The Morgan fingerprint density at radius 3 is 2.89 bits per heavy atom. The van der Waals surface area contributed by atoms with Crippen LogP contribution in [0.15, 0.2) is 12.2 Å². The van der Waals surface area contributed by atoms with Crippen LogP contribution in [-0.4, -0.2) is 47.1 Å². The van der Waals surface area contributed by atoms with E-state index < -0.39 is 11.9 Å². The maximum Gasteiger partial charge on any atom is 0.310 e. The lowest BCUT2D eigenvalue weighted by Crippen LogP contribution is -2.43. The Bertz CT molecular complexity index is 353. The monoisotopic (exact) mass is 270 g/mol. The summed E-state index contributed by atoms with van der Waals surface area (Å²) in [5.74, 6) is 0.776. The first-order chi connectivity index (χ1) is 8.65. The third-order valence-corrected chi connectivity index (χ3v) is 4.31. The number of hydrogen-bond donors (Lipinski definition) is 3. The first-order valence-corrected chi connectivity index (χ1v) is 7.32. The SMILES string of the molecule is O=C(CC1CSCCN1)NC1C=CC(C(=O)O)C1. The van der Waals surface area contributed by atoms with E-state index in [9.17, 15) is 9.59 Å². The van der Waals surface area contributed by atoms with E-state index in [0.717, 1.165) is 18.1 Å². The Morgan fingerprint density at radius 2 is 2.28 bits per heavy atom. The van der Waals surface area contributed by atoms with Gasteiger partial charge in [-0.2, -0.15) is 11.8 Å². The number of nitrogens with one attached hydrogen (secondary N) is 2. The predicted octanol–water partition coefficient (Wildman–Crippen LogP) is 0.227. The molecule has 1 amide bonds. The third-order valence-electron chi connectivity index (χ3n) is 3.18. The molecule has 1 fully saturated rings. The van der Waals surface area contributed by atoms with Gasteiger partial charge in [-0.25, -0.2) is 0 Å². The molecule has 100 valence electrons. The van der Waals surface area contributed by atoms with Crippen molar-refractivity contribution in [1.29, 1.82) is 0 Å². The molecule has 0 spiro atoms. The highest BCUT2D eigenvalue weighted by Gasteiger charge is 2.26. The molecule has 0 aromatic carbocycles. The normalized spacial score (nSPS) is 31.2. The Kier molecular flexibility index (Phi) is 4.66. The van der Waals surface area contributed by atoms with Gasteiger partial charge in [-0.05, 0) is 6.42 Å². The molecule has 1 saturated heterocycles. The van der Waals surface area contributed by atoms with Crippen molar-refractivity contribution in [2.24, 2.45) is 5.92 Å². The fourth-order valence-electron chi connectivity index (χ4n) is 2.23. The highest BCUT2D eigenvalue weighted by atomic mass is 32.2. The Labute approximate surface area is 110 Å². The fourth-order valence-corrected chi connectivity index (χ4v) is 3.18. The molecule has 0 saturated carbocycles. The van der Waals surface area contributed by atoms with Gasteiger partial charge in [0.05, 0.1) is 5.92 Å². The number of carboxylic acids is 1. The van der Waals surface area contributed by atoms with Crippen LogP contribution in [0.25, 0.3) is 0 Å². The van der Waals surface area contributed by atoms with Crippen molar-refractivity contribution in [2.45, 2.75) is 24.9 Å². The molecular formula is C12H18N2O3S. The lowest BCUT2D eigenvalue weighted by molar-refractivity contribution is -0.140. The van der Waals surface area contributed by atoms with Gasteiger partial charge in [-0.1, -0.05) is 12.2 Å². The van der Waals surface area contributed by atoms with Gasteiger partial charge in [0, 0.05) is 36.6 Å². The molecule has 1 heterocycles. The molecule has 5 nitrogen and oxygen atoms in total. The van der Waals surface area contributed by atoms with Crippen molar-refractivity contribution in [1.82, 2.24) is 10.6 Å². The van der Waals surface area contributed by atoms with Crippen LogP contribution in [0.1, 0.15) is 12.8 Å². The number of carbonyl (C=O) groups is 2. The van der Waals surface area contributed by atoms with Gasteiger partial charge in [-0.15, -0.1) is 0 Å². The summed E-state index contributed by atoms with van der Waals surface area (Å²) in [6.45, 7) is 0.951. The highest BCUT2D eigenvalue weighted by Crippen LogP contribution is 2.18. The maximum absolute atomic E-state index is 11.8. The number of aliphatic carboxylic acids is 1. The second-order valence-electron chi connectivity index (χ2n) is 4.67. The molecule has 3 N–H and O–H groups in total. The summed E-state index contributed by atoms with van der Waals surface area (Å²) in [5, 5.41) is 15.0. The van der Waals surface area contributed by atoms with Crippen molar-refractivity contribution in [3.05, 3.63) is 12.2 Å². The predicted molar refractivity (Wildman–Crippen MR) is 70.5 cm³/mol. The number of thioether (sulfide) groups is 1. The third kappa shape index (κ3) is 3.74. The zero-order chi connectivity index (χ0) is 13.0. The van der Waals surface area contributed by atoms with Crippen molar-refractivity contribution >= 4 is 23.6 Å². The topological polar surface area (TPSA) is 78.4 Å². The van der Waals surface area contributed by atoms with Crippen LogP contribution >= 0.6 is 11.8 Å².